The van der Waals surface area contributed by atoms with Gasteiger partial charge in [-0.05, 0) is 50.3 Å². The molecule has 2 fully saturated rings. The van der Waals surface area contributed by atoms with Crippen LogP contribution < -0.4 is 0 Å². The molecule has 1 aromatic heterocycles. The van der Waals surface area contributed by atoms with Crippen LogP contribution in [0.2, 0.25) is 0 Å². The molecule has 0 N–H and O–H groups in total. The van der Waals surface area contributed by atoms with Crippen molar-refractivity contribution in [3.63, 3.8) is 0 Å². The van der Waals surface area contributed by atoms with Crippen molar-refractivity contribution in [2.75, 3.05) is 25.4 Å². The van der Waals surface area contributed by atoms with Crippen molar-refractivity contribution in [2.24, 2.45) is 0 Å². The van der Waals surface area contributed by atoms with E-state index in [2.05, 4.69) is 4.98 Å². The zero-order chi connectivity index (χ0) is 21.1. The molecule has 2 aromatic rings. The number of nitrogens with zero attached hydrogens (tertiary/aromatic N) is 3. The summed E-state index contributed by atoms with van der Waals surface area (Å²) >= 11 is 1.59. The average Bonchev–Trinajstić information content (AvgIpc) is 3.28. The molecule has 2 saturated heterocycles. The molecule has 2 atom stereocenters. The number of carbonyl (C=O) groups is 1. The molecule has 2 aliphatic rings. The van der Waals surface area contributed by atoms with Gasteiger partial charge in [-0.2, -0.15) is 0 Å². The van der Waals surface area contributed by atoms with Gasteiger partial charge in [0.2, 0.25) is 0 Å². The number of hydrogen-bond donors (Lipinski definition) is 0. The lowest BCUT2D eigenvalue weighted by Gasteiger charge is -2.33. The van der Waals surface area contributed by atoms with Crippen LogP contribution >= 0.6 is 11.8 Å². The molecule has 1 amide bonds. The minimum absolute atomic E-state index is 0.0457. The van der Waals surface area contributed by atoms with Crippen molar-refractivity contribution in [2.45, 2.75) is 49.8 Å². The Morgan fingerprint density at radius 3 is 2.97 bits per heavy atom. The van der Waals surface area contributed by atoms with Crippen LogP contribution in [0.15, 0.2) is 29.6 Å². The second kappa shape index (κ2) is 9.39. The molecule has 0 saturated carbocycles. The average molecular weight is 434 g/mol. The molecule has 0 radical (unpaired) electrons. The van der Waals surface area contributed by atoms with E-state index in [0.717, 1.165) is 55.4 Å². The van der Waals surface area contributed by atoms with E-state index < -0.39 is 17.5 Å². The second-order valence-electron chi connectivity index (χ2n) is 7.86. The van der Waals surface area contributed by atoms with E-state index in [-0.39, 0.29) is 17.6 Å². The summed E-state index contributed by atoms with van der Waals surface area (Å²) < 4.78 is 33.3. The normalized spacial score (nSPS) is 21.8. The first-order chi connectivity index (χ1) is 14.5. The van der Waals surface area contributed by atoms with Crippen molar-refractivity contribution in [3.8, 4) is 0 Å². The van der Waals surface area contributed by atoms with Crippen molar-refractivity contribution in [1.82, 2.24) is 14.9 Å². The van der Waals surface area contributed by atoms with Gasteiger partial charge >= 0.3 is 0 Å². The molecule has 2 unspecified atom stereocenters. The largest absolute Gasteiger partial charge is 0.377 e. The number of benzene rings is 1. The quantitative estimate of drug-likeness (QED) is 0.518. The lowest BCUT2D eigenvalue weighted by molar-refractivity contribution is 0.0699. The summed E-state index contributed by atoms with van der Waals surface area (Å²) in [5.74, 6) is -1.69. The predicted octanol–water partition coefficient (Wildman–Crippen LogP) is 4.35. The summed E-state index contributed by atoms with van der Waals surface area (Å²) in [6.45, 7) is 3.75. The van der Waals surface area contributed by atoms with E-state index in [1.165, 1.54) is 12.1 Å². The standard InChI is InChI=1S/C22H25F2N3O2S/c1-14-11-25-22(30-13-16-6-4-10-29-16)26-20(14)15-5-3-9-27(12-15)21(28)17-7-2-8-18(23)19(17)24/h2,7-8,11,15-16H,3-6,9-10,12-13H2,1H3. The van der Waals surface area contributed by atoms with Crippen LogP contribution in [-0.4, -0.2) is 52.3 Å². The maximum atomic E-state index is 14.1. The molecule has 160 valence electrons. The number of aryl methyl sites for hydroxylation is 1. The van der Waals surface area contributed by atoms with Crippen molar-refractivity contribution in [1.29, 1.82) is 0 Å². The van der Waals surface area contributed by atoms with E-state index in [0.29, 0.717) is 18.2 Å². The first-order valence-corrected chi connectivity index (χ1v) is 11.3. The monoisotopic (exact) mass is 433 g/mol. The predicted molar refractivity (Wildman–Crippen MR) is 111 cm³/mol. The summed E-state index contributed by atoms with van der Waals surface area (Å²) in [7, 11) is 0. The molecule has 0 spiro atoms. The van der Waals surface area contributed by atoms with Crippen LogP contribution in [0.3, 0.4) is 0 Å². The molecule has 4 rings (SSSR count). The zero-order valence-electron chi connectivity index (χ0n) is 16.9. The topological polar surface area (TPSA) is 55.3 Å². The molecule has 3 heterocycles. The van der Waals surface area contributed by atoms with Crippen molar-refractivity contribution in [3.05, 3.63) is 52.9 Å². The van der Waals surface area contributed by atoms with Gasteiger partial charge in [0, 0.05) is 37.6 Å². The Balaban J connectivity index is 1.47. The molecule has 2 aliphatic heterocycles. The van der Waals surface area contributed by atoms with Gasteiger partial charge in [0.1, 0.15) is 0 Å². The van der Waals surface area contributed by atoms with Gasteiger partial charge < -0.3 is 9.64 Å². The highest BCUT2D eigenvalue weighted by atomic mass is 32.2. The van der Waals surface area contributed by atoms with Gasteiger partial charge in [0.15, 0.2) is 16.8 Å². The number of likely N-dealkylation sites (tertiary alicyclic amines) is 1. The molecular weight excluding hydrogens is 408 g/mol. The number of piperidine rings is 1. The van der Waals surface area contributed by atoms with Gasteiger partial charge in [-0.1, -0.05) is 17.8 Å². The van der Waals surface area contributed by atoms with E-state index in [9.17, 15) is 13.6 Å². The highest BCUT2D eigenvalue weighted by molar-refractivity contribution is 7.99. The maximum Gasteiger partial charge on any atom is 0.256 e. The summed E-state index contributed by atoms with van der Waals surface area (Å²) in [5, 5.41) is 0.714. The number of amides is 1. The minimum atomic E-state index is -1.09. The molecule has 30 heavy (non-hydrogen) atoms. The van der Waals surface area contributed by atoms with E-state index in [1.807, 2.05) is 13.1 Å². The number of carbonyl (C=O) groups excluding carboxylic acids is 1. The van der Waals surface area contributed by atoms with Crippen LogP contribution in [0.5, 0.6) is 0 Å². The lowest BCUT2D eigenvalue weighted by atomic mass is 9.92. The van der Waals surface area contributed by atoms with Gasteiger partial charge in [0.25, 0.3) is 5.91 Å². The smallest absolute Gasteiger partial charge is 0.256 e. The van der Waals surface area contributed by atoms with Crippen LogP contribution in [-0.2, 0) is 4.74 Å². The zero-order valence-corrected chi connectivity index (χ0v) is 17.8. The number of thioether (sulfide) groups is 1. The number of aromatic nitrogens is 2. The fourth-order valence-electron chi connectivity index (χ4n) is 4.09. The molecular formula is C22H25F2N3O2S. The number of halogens is 2. The van der Waals surface area contributed by atoms with Gasteiger partial charge in [0.05, 0.1) is 17.4 Å². The van der Waals surface area contributed by atoms with Crippen LogP contribution in [0.1, 0.15) is 53.2 Å². The van der Waals surface area contributed by atoms with E-state index in [1.54, 1.807) is 16.7 Å². The molecule has 0 aliphatic carbocycles. The lowest BCUT2D eigenvalue weighted by Crippen LogP contribution is -2.40. The Morgan fingerprint density at radius 1 is 1.30 bits per heavy atom. The second-order valence-corrected chi connectivity index (χ2v) is 8.85. The molecule has 5 nitrogen and oxygen atoms in total. The third-order valence-corrected chi connectivity index (χ3v) is 6.68. The summed E-state index contributed by atoms with van der Waals surface area (Å²) in [4.78, 5) is 23.6. The number of hydrogen-bond acceptors (Lipinski definition) is 5. The maximum absolute atomic E-state index is 14.1. The molecule has 0 bridgehead atoms. The summed E-state index contributed by atoms with van der Waals surface area (Å²) in [5.41, 5.74) is 1.69. The number of ether oxygens (including phenoxy) is 1. The fraction of sp³-hybridized carbons (Fsp3) is 0.500. The third kappa shape index (κ3) is 4.64. The highest BCUT2D eigenvalue weighted by Crippen LogP contribution is 2.30. The minimum Gasteiger partial charge on any atom is -0.377 e. The SMILES string of the molecule is Cc1cnc(SCC2CCCO2)nc1C1CCCN(C(=O)c2cccc(F)c2F)C1. The van der Waals surface area contributed by atoms with Crippen LogP contribution in [0.4, 0.5) is 8.78 Å². The Hall–Kier alpha value is -2.06. The van der Waals surface area contributed by atoms with E-state index >= 15 is 0 Å². The molecule has 1 aromatic carbocycles. The third-order valence-electron chi connectivity index (χ3n) is 5.69. The summed E-state index contributed by atoms with van der Waals surface area (Å²) in [6.07, 6.45) is 5.93. The van der Waals surface area contributed by atoms with Crippen molar-refractivity contribution < 1.29 is 18.3 Å². The van der Waals surface area contributed by atoms with Gasteiger partial charge in [-0.3, -0.25) is 4.79 Å². The van der Waals surface area contributed by atoms with E-state index in [4.69, 9.17) is 9.72 Å². The molecule has 8 heteroatoms. The van der Waals surface area contributed by atoms with Gasteiger partial charge in [-0.15, -0.1) is 0 Å². The highest BCUT2D eigenvalue weighted by Gasteiger charge is 2.29. The number of rotatable bonds is 5. The Bertz CT molecular complexity index is 921. The summed E-state index contributed by atoms with van der Waals surface area (Å²) in [6, 6.07) is 3.71. The Morgan fingerprint density at radius 2 is 2.17 bits per heavy atom. The first kappa shape index (κ1) is 21.2. The van der Waals surface area contributed by atoms with Crippen LogP contribution in [0.25, 0.3) is 0 Å². The van der Waals surface area contributed by atoms with Crippen molar-refractivity contribution >= 4 is 17.7 Å². The Labute approximate surface area is 179 Å². The fourth-order valence-corrected chi connectivity index (χ4v) is 4.98. The first-order valence-electron chi connectivity index (χ1n) is 10.3. The van der Waals surface area contributed by atoms with Crippen LogP contribution in [0, 0.1) is 18.6 Å². The Kier molecular flexibility index (Phi) is 6.63. The van der Waals surface area contributed by atoms with Gasteiger partial charge in [-0.25, -0.2) is 18.7 Å².